The highest BCUT2D eigenvalue weighted by Crippen LogP contribution is 2.70. The number of carbonyl (C=O) groups is 2. The zero-order valence-corrected chi connectivity index (χ0v) is 16.5. The smallest absolute Gasteiger partial charge is 0.161 e. The second-order valence-corrected chi connectivity index (χ2v) is 10.6. The van der Waals surface area contributed by atoms with Crippen LogP contribution in [0.5, 0.6) is 0 Å². The number of alkyl halides is 1. The minimum Gasteiger partial charge on any atom is -0.382 e. The number of hydrogen-bond donors (Lipinski definition) is 1. The monoisotopic (exact) mass is 366 g/mol. The van der Waals surface area contributed by atoms with E-state index < -0.39 is 5.60 Å². The van der Waals surface area contributed by atoms with Crippen LogP contribution in [0, 0.1) is 28.6 Å². The predicted octanol–water partition coefficient (Wildman–Crippen LogP) is 4.28. The third-order valence-electron chi connectivity index (χ3n) is 9.29. The molecule has 0 aromatic heterocycles. The molecule has 4 rings (SSSR count). The highest BCUT2D eigenvalue weighted by molar-refractivity contribution is 6.26. The number of Topliss-reactive ketones (excluding diaryl/α,β-unsaturated/α-hetero) is 2. The van der Waals surface area contributed by atoms with Crippen LogP contribution in [0.25, 0.3) is 0 Å². The first-order valence-electron chi connectivity index (χ1n) is 10.0. The fraction of sp³-hybridized carbons (Fsp3) is 0.905. The van der Waals surface area contributed by atoms with Crippen LogP contribution in [0.3, 0.4) is 0 Å². The molecule has 0 amide bonds. The lowest BCUT2D eigenvalue weighted by molar-refractivity contribution is -0.166. The molecule has 0 heterocycles. The Morgan fingerprint density at radius 1 is 1.04 bits per heavy atom. The zero-order chi connectivity index (χ0) is 18.3. The van der Waals surface area contributed by atoms with Crippen molar-refractivity contribution < 1.29 is 14.7 Å². The van der Waals surface area contributed by atoms with Crippen LogP contribution in [0.1, 0.15) is 78.6 Å². The molecule has 4 aliphatic rings. The highest BCUT2D eigenvalue weighted by atomic mass is 35.5. The molecule has 7 atom stereocenters. The van der Waals surface area contributed by atoms with Crippen LogP contribution in [0.2, 0.25) is 0 Å². The number of halogens is 1. The van der Waals surface area contributed by atoms with E-state index >= 15 is 0 Å². The van der Waals surface area contributed by atoms with Crippen LogP contribution in [-0.2, 0) is 9.59 Å². The van der Waals surface area contributed by atoms with Gasteiger partial charge in [-0.15, -0.1) is 11.6 Å². The molecular formula is C21H31ClO3. The minimum atomic E-state index is -1.15. The third-order valence-corrected chi connectivity index (χ3v) is 10.0. The number of carbonyl (C=O) groups excluding carboxylic acids is 2. The van der Waals surface area contributed by atoms with Crippen molar-refractivity contribution in [1.82, 2.24) is 0 Å². The minimum absolute atomic E-state index is 0.00361. The van der Waals surface area contributed by atoms with Gasteiger partial charge in [-0.3, -0.25) is 9.59 Å². The summed E-state index contributed by atoms with van der Waals surface area (Å²) in [4.78, 5) is 23.9. The lowest BCUT2D eigenvalue weighted by Gasteiger charge is -2.63. The van der Waals surface area contributed by atoms with Gasteiger partial charge in [0, 0.05) is 18.3 Å². The lowest BCUT2D eigenvalue weighted by Crippen LogP contribution is -2.62. The number of rotatable bonds is 1. The van der Waals surface area contributed by atoms with Gasteiger partial charge in [-0.2, -0.15) is 0 Å². The molecule has 0 unspecified atom stereocenters. The van der Waals surface area contributed by atoms with Crippen LogP contribution in [-0.4, -0.2) is 27.1 Å². The maximum absolute atomic E-state index is 12.3. The van der Waals surface area contributed by atoms with Crippen molar-refractivity contribution in [3.8, 4) is 0 Å². The third kappa shape index (κ3) is 2.09. The summed E-state index contributed by atoms with van der Waals surface area (Å²) in [5, 5.41) is 11.2. The predicted molar refractivity (Wildman–Crippen MR) is 97.5 cm³/mol. The van der Waals surface area contributed by atoms with Gasteiger partial charge in [0.05, 0.1) is 4.87 Å². The van der Waals surface area contributed by atoms with E-state index in [1.807, 2.05) is 0 Å². The number of hydrogen-bond acceptors (Lipinski definition) is 3. The SMILES string of the molecule is CC(=O)[C@@]1(O)CC[C@H]2[C@@H]3CC[C@@]4(Cl)CC(=O)CC[C@]4(C)[C@H]3CC[C@@]21C. The van der Waals surface area contributed by atoms with E-state index in [2.05, 4.69) is 13.8 Å². The fourth-order valence-electron chi connectivity index (χ4n) is 7.59. The Labute approximate surface area is 155 Å². The molecule has 0 radical (unpaired) electrons. The van der Waals surface area contributed by atoms with E-state index in [-0.39, 0.29) is 21.5 Å². The Balaban J connectivity index is 1.69. The van der Waals surface area contributed by atoms with Crippen LogP contribution < -0.4 is 0 Å². The summed E-state index contributed by atoms with van der Waals surface area (Å²) in [6.07, 6.45) is 7.47. The second kappa shape index (κ2) is 5.32. The fourth-order valence-corrected chi connectivity index (χ4v) is 8.08. The van der Waals surface area contributed by atoms with Gasteiger partial charge >= 0.3 is 0 Å². The first-order chi connectivity index (χ1) is 11.6. The van der Waals surface area contributed by atoms with E-state index in [9.17, 15) is 14.7 Å². The molecular weight excluding hydrogens is 336 g/mol. The van der Waals surface area contributed by atoms with Crippen LogP contribution >= 0.6 is 11.6 Å². The maximum Gasteiger partial charge on any atom is 0.161 e. The molecule has 4 saturated carbocycles. The maximum atomic E-state index is 12.3. The molecule has 0 aliphatic heterocycles. The Morgan fingerprint density at radius 2 is 1.68 bits per heavy atom. The summed E-state index contributed by atoms with van der Waals surface area (Å²) in [6, 6.07) is 0. The number of fused-ring (bicyclic) bond motifs is 5. The molecule has 3 nitrogen and oxygen atoms in total. The van der Waals surface area contributed by atoms with Gasteiger partial charge in [-0.05, 0) is 75.0 Å². The van der Waals surface area contributed by atoms with Gasteiger partial charge in [-0.1, -0.05) is 13.8 Å². The van der Waals surface area contributed by atoms with Crippen molar-refractivity contribution in [1.29, 1.82) is 0 Å². The summed E-state index contributed by atoms with van der Waals surface area (Å²) < 4.78 is 0. The van der Waals surface area contributed by atoms with E-state index in [0.29, 0.717) is 42.8 Å². The van der Waals surface area contributed by atoms with E-state index in [0.717, 1.165) is 38.5 Å². The summed E-state index contributed by atoms with van der Waals surface area (Å²) in [7, 11) is 0. The molecule has 1 N–H and O–H groups in total. The summed E-state index contributed by atoms with van der Waals surface area (Å²) in [6.45, 7) is 6.02. The highest BCUT2D eigenvalue weighted by Gasteiger charge is 2.68. The van der Waals surface area contributed by atoms with Gasteiger partial charge in [0.25, 0.3) is 0 Å². The van der Waals surface area contributed by atoms with Crippen LogP contribution in [0.4, 0.5) is 0 Å². The molecule has 0 bridgehead atoms. The standard InChI is InChI=1S/C21H31ClO3/c1-13(23)21(25)11-7-17-15-5-10-20(22)12-14(24)4-8-18(20,2)16(15)6-9-19(17,21)3/h15-17,25H,4-12H2,1-3H3/t15-,16+,17+,18-,19+,20-,21+/m1/s1. The Hall–Kier alpha value is -0.410. The Bertz CT molecular complexity index is 633. The lowest BCUT2D eigenvalue weighted by atomic mass is 9.44. The average Bonchev–Trinajstić information content (AvgIpc) is 2.82. The molecule has 4 heteroatoms. The van der Waals surface area contributed by atoms with Crippen molar-refractivity contribution in [2.75, 3.05) is 0 Å². The molecule has 0 aromatic rings. The van der Waals surface area contributed by atoms with Crippen molar-refractivity contribution in [2.45, 2.75) is 89.0 Å². The first kappa shape index (κ1) is 18.0. The normalized spacial score (nSPS) is 55.2. The topological polar surface area (TPSA) is 54.4 Å². The van der Waals surface area contributed by atoms with Crippen molar-refractivity contribution in [3.63, 3.8) is 0 Å². The molecule has 140 valence electrons. The largest absolute Gasteiger partial charge is 0.382 e. The van der Waals surface area contributed by atoms with Gasteiger partial charge in [0.1, 0.15) is 11.4 Å². The molecule has 0 saturated heterocycles. The summed E-state index contributed by atoms with van der Waals surface area (Å²) >= 11 is 7.09. The molecule has 0 aromatic carbocycles. The average molecular weight is 367 g/mol. The van der Waals surface area contributed by atoms with Crippen molar-refractivity contribution in [2.24, 2.45) is 28.6 Å². The molecule has 25 heavy (non-hydrogen) atoms. The van der Waals surface area contributed by atoms with Crippen molar-refractivity contribution >= 4 is 23.2 Å². The van der Waals surface area contributed by atoms with Gasteiger partial charge in [-0.25, -0.2) is 0 Å². The van der Waals surface area contributed by atoms with E-state index in [1.165, 1.54) is 0 Å². The molecule has 4 aliphatic carbocycles. The second-order valence-electron chi connectivity index (χ2n) is 9.93. The number of ketones is 2. The van der Waals surface area contributed by atoms with Gasteiger partial charge < -0.3 is 5.11 Å². The Morgan fingerprint density at radius 3 is 2.36 bits per heavy atom. The van der Waals surface area contributed by atoms with E-state index in [1.54, 1.807) is 6.92 Å². The summed E-state index contributed by atoms with van der Waals surface area (Å²) in [5.41, 5.74) is -1.45. The summed E-state index contributed by atoms with van der Waals surface area (Å²) in [5.74, 6) is 1.69. The Kier molecular flexibility index (Phi) is 3.82. The van der Waals surface area contributed by atoms with Gasteiger partial charge in [0.15, 0.2) is 5.78 Å². The molecule has 4 fully saturated rings. The van der Waals surface area contributed by atoms with E-state index in [4.69, 9.17) is 11.6 Å². The first-order valence-corrected chi connectivity index (χ1v) is 10.4. The van der Waals surface area contributed by atoms with Crippen molar-refractivity contribution in [3.05, 3.63) is 0 Å². The molecule has 0 spiro atoms. The quantitative estimate of drug-likeness (QED) is 0.704. The zero-order valence-electron chi connectivity index (χ0n) is 15.7. The van der Waals surface area contributed by atoms with Gasteiger partial charge in [0.2, 0.25) is 0 Å². The van der Waals surface area contributed by atoms with Crippen LogP contribution in [0.15, 0.2) is 0 Å². The number of aliphatic hydroxyl groups is 1.